The number of rotatable bonds is 1. The molecule has 13 heavy (non-hydrogen) atoms. The lowest BCUT2D eigenvalue weighted by Gasteiger charge is -1.97. The molecule has 0 saturated heterocycles. The lowest BCUT2D eigenvalue weighted by molar-refractivity contribution is 0.796. The van der Waals surface area contributed by atoms with Crippen molar-refractivity contribution in [3.63, 3.8) is 0 Å². The summed E-state index contributed by atoms with van der Waals surface area (Å²) < 4.78 is 1.71. The topological polar surface area (TPSA) is 43.6 Å². The summed E-state index contributed by atoms with van der Waals surface area (Å²) in [7, 11) is 0. The fourth-order valence-corrected chi connectivity index (χ4v) is 1.06. The van der Waals surface area contributed by atoms with Gasteiger partial charge in [0, 0.05) is 6.20 Å². The van der Waals surface area contributed by atoms with Crippen molar-refractivity contribution in [2.75, 3.05) is 0 Å². The molecule has 4 heteroatoms. The Kier molecular flexibility index (Phi) is 1.81. The molecule has 0 unspecified atom stereocenters. The van der Waals surface area contributed by atoms with E-state index in [9.17, 15) is 0 Å². The van der Waals surface area contributed by atoms with Gasteiger partial charge in [-0.15, -0.1) is 5.10 Å². The number of nitrogens with zero attached hydrogens (tertiary/aromatic N) is 4. The van der Waals surface area contributed by atoms with Gasteiger partial charge in [-0.05, 0) is 32.0 Å². The highest BCUT2D eigenvalue weighted by atomic mass is 15.3. The molecule has 2 aromatic heterocycles. The number of aromatic nitrogens is 4. The van der Waals surface area contributed by atoms with Crippen molar-refractivity contribution in [3.8, 4) is 5.82 Å². The zero-order valence-electron chi connectivity index (χ0n) is 7.60. The Labute approximate surface area is 76.2 Å². The van der Waals surface area contributed by atoms with E-state index >= 15 is 0 Å². The van der Waals surface area contributed by atoms with E-state index in [0.717, 1.165) is 17.2 Å². The molecule has 2 heterocycles. The molecular formula is C9H10N4. The van der Waals surface area contributed by atoms with Crippen molar-refractivity contribution in [1.29, 1.82) is 0 Å². The van der Waals surface area contributed by atoms with Gasteiger partial charge in [-0.2, -0.15) is 10.2 Å². The molecule has 0 N–H and O–H groups in total. The minimum atomic E-state index is 0.749. The summed E-state index contributed by atoms with van der Waals surface area (Å²) in [5.41, 5.74) is 1.88. The molecule has 0 aliphatic carbocycles. The van der Waals surface area contributed by atoms with Crippen LogP contribution in [0.15, 0.2) is 24.4 Å². The molecule has 0 aliphatic heterocycles. The second-order valence-electron chi connectivity index (χ2n) is 2.93. The van der Waals surface area contributed by atoms with Crippen molar-refractivity contribution < 1.29 is 0 Å². The summed E-state index contributed by atoms with van der Waals surface area (Å²) in [6.45, 7) is 3.85. The maximum absolute atomic E-state index is 4.22. The van der Waals surface area contributed by atoms with Crippen molar-refractivity contribution in [1.82, 2.24) is 20.0 Å². The summed E-state index contributed by atoms with van der Waals surface area (Å²) in [5, 5.41) is 12.2. The molecule has 66 valence electrons. The number of hydrogen-bond acceptors (Lipinski definition) is 3. The third-order valence-corrected chi connectivity index (χ3v) is 1.74. The van der Waals surface area contributed by atoms with Gasteiger partial charge in [0.05, 0.1) is 11.4 Å². The minimum absolute atomic E-state index is 0.749. The summed E-state index contributed by atoms with van der Waals surface area (Å²) >= 11 is 0. The van der Waals surface area contributed by atoms with E-state index in [2.05, 4.69) is 15.3 Å². The Morgan fingerprint density at radius 1 is 1.00 bits per heavy atom. The van der Waals surface area contributed by atoms with Gasteiger partial charge in [0.25, 0.3) is 0 Å². The quantitative estimate of drug-likeness (QED) is 0.654. The van der Waals surface area contributed by atoms with Crippen LogP contribution in [0.1, 0.15) is 11.4 Å². The Morgan fingerprint density at radius 3 is 2.38 bits per heavy atom. The third-order valence-electron chi connectivity index (χ3n) is 1.74. The summed E-state index contributed by atoms with van der Waals surface area (Å²) in [4.78, 5) is 0. The fraction of sp³-hybridized carbons (Fsp3) is 0.222. The fourth-order valence-electron chi connectivity index (χ4n) is 1.06. The van der Waals surface area contributed by atoms with Crippen LogP contribution in [-0.4, -0.2) is 20.0 Å². The van der Waals surface area contributed by atoms with Gasteiger partial charge in [-0.25, -0.2) is 4.68 Å². The maximum atomic E-state index is 4.22. The van der Waals surface area contributed by atoms with Crippen LogP contribution in [0.25, 0.3) is 5.82 Å². The van der Waals surface area contributed by atoms with Crippen molar-refractivity contribution >= 4 is 0 Å². The first kappa shape index (κ1) is 7.91. The molecule has 0 bridgehead atoms. The average Bonchev–Trinajstić information content (AvgIpc) is 2.53. The Morgan fingerprint density at radius 2 is 1.85 bits per heavy atom. The van der Waals surface area contributed by atoms with Crippen molar-refractivity contribution in [2.45, 2.75) is 13.8 Å². The molecule has 0 amide bonds. The largest absolute Gasteiger partial charge is 0.221 e. The first-order valence-corrected chi connectivity index (χ1v) is 4.09. The van der Waals surface area contributed by atoms with E-state index in [0.29, 0.717) is 0 Å². The molecule has 0 atom stereocenters. The predicted molar refractivity (Wildman–Crippen MR) is 48.6 cm³/mol. The van der Waals surface area contributed by atoms with Crippen LogP contribution in [0, 0.1) is 13.8 Å². The first-order valence-electron chi connectivity index (χ1n) is 4.09. The lowest BCUT2D eigenvalue weighted by Crippen LogP contribution is -2.00. The second kappa shape index (κ2) is 2.97. The lowest BCUT2D eigenvalue weighted by atomic mass is 10.4. The monoisotopic (exact) mass is 174 g/mol. The molecule has 0 aromatic carbocycles. The van der Waals surface area contributed by atoms with Crippen LogP contribution in [-0.2, 0) is 0 Å². The van der Waals surface area contributed by atoms with E-state index in [1.54, 1.807) is 4.68 Å². The van der Waals surface area contributed by atoms with E-state index in [-0.39, 0.29) is 0 Å². The zero-order valence-corrected chi connectivity index (χ0v) is 7.60. The minimum Gasteiger partial charge on any atom is -0.221 e. The van der Waals surface area contributed by atoms with Crippen molar-refractivity contribution in [3.05, 3.63) is 35.8 Å². The van der Waals surface area contributed by atoms with Gasteiger partial charge in [0.15, 0.2) is 5.82 Å². The molecule has 0 fully saturated rings. The first-order chi connectivity index (χ1) is 6.25. The van der Waals surface area contributed by atoms with Gasteiger partial charge in [0.2, 0.25) is 0 Å². The van der Waals surface area contributed by atoms with Gasteiger partial charge < -0.3 is 0 Å². The number of hydrogen-bond donors (Lipinski definition) is 0. The predicted octanol–water partition coefficient (Wildman–Crippen LogP) is 1.28. The highest BCUT2D eigenvalue weighted by molar-refractivity contribution is 5.20. The molecule has 0 saturated carbocycles. The van der Waals surface area contributed by atoms with E-state index in [1.807, 2.05) is 38.2 Å². The summed E-state index contributed by atoms with van der Waals surface area (Å²) in [5.74, 6) is 0.749. The summed E-state index contributed by atoms with van der Waals surface area (Å²) in [6, 6.07) is 5.75. The van der Waals surface area contributed by atoms with Crippen LogP contribution < -0.4 is 0 Å². The van der Waals surface area contributed by atoms with Gasteiger partial charge >= 0.3 is 0 Å². The Bertz CT molecular complexity index is 402. The smallest absolute Gasteiger partial charge is 0.175 e. The summed E-state index contributed by atoms with van der Waals surface area (Å²) in [6.07, 6.45) is 1.87. The molecule has 2 rings (SSSR count). The molecular weight excluding hydrogens is 164 g/mol. The SMILES string of the molecule is Cc1ccc(-n2ccc(C)n2)nn1. The standard InChI is InChI=1S/C9H10N4/c1-7-3-4-9(11-10-7)13-6-5-8(2)12-13/h3-6H,1-2H3. The number of aryl methyl sites for hydroxylation is 2. The van der Waals surface area contributed by atoms with Crippen LogP contribution >= 0.6 is 0 Å². The average molecular weight is 174 g/mol. The Balaban J connectivity index is 2.41. The van der Waals surface area contributed by atoms with E-state index < -0.39 is 0 Å². The van der Waals surface area contributed by atoms with E-state index in [1.165, 1.54) is 0 Å². The highest BCUT2D eigenvalue weighted by Crippen LogP contribution is 2.02. The molecule has 0 aliphatic rings. The van der Waals surface area contributed by atoms with Crippen LogP contribution in [0.2, 0.25) is 0 Å². The van der Waals surface area contributed by atoms with Crippen LogP contribution in [0.3, 0.4) is 0 Å². The third kappa shape index (κ3) is 1.56. The Hall–Kier alpha value is -1.71. The van der Waals surface area contributed by atoms with Crippen LogP contribution in [0.5, 0.6) is 0 Å². The van der Waals surface area contributed by atoms with Gasteiger partial charge in [0.1, 0.15) is 0 Å². The molecule has 2 aromatic rings. The zero-order chi connectivity index (χ0) is 9.26. The second-order valence-corrected chi connectivity index (χ2v) is 2.93. The van der Waals surface area contributed by atoms with Crippen molar-refractivity contribution in [2.24, 2.45) is 0 Å². The normalized spacial score (nSPS) is 10.3. The molecule has 4 nitrogen and oxygen atoms in total. The van der Waals surface area contributed by atoms with E-state index in [4.69, 9.17) is 0 Å². The molecule has 0 spiro atoms. The van der Waals surface area contributed by atoms with Gasteiger partial charge in [-0.3, -0.25) is 0 Å². The maximum Gasteiger partial charge on any atom is 0.175 e. The highest BCUT2D eigenvalue weighted by Gasteiger charge is 1.98. The molecule has 0 radical (unpaired) electrons. The van der Waals surface area contributed by atoms with Gasteiger partial charge in [-0.1, -0.05) is 0 Å². The van der Waals surface area contributed by atoms with Crippen LogP contribution in [0.4, 0.5) is 0 Å².